The highest BCUT2D eigenvalue weighted by atomic mass is 16.3. The summed E-state index contributed by atoms with van der Waals surface area (Å²) in [6.45, 7) is 15.9. The second-order valence-electron chi connectivity index (χ2n) is 12.2. The van der Waals surface area contributed by atoms with Crippen molar-refractivity contribution in [2.75, 3.05) is 6.61 Å². The van der Waals surface area contributed by atoms with Crippen molar-refractivity contribution in [3.8, 4) is 0 Å². The number of Topliss-reactive ketones (excluding diaryl/α,β-unsaturated/α-hetero) is 1. The van der Waals surface area contributed by atoms with E-state index in [2.05, 4.69) is 41.2 Å². The van der Waals surface area contributed by atoms with Gasteiger partial charge >= 0.3 is 0 Å². The second kappa shape index (κ2) is 9.67. The lowest BCUT2D eigenvalue weighted by atomic mass is 9.52. The molecular weight excluding hydrogens is 384 g/mol. The number of allylic oxidation sites excluding steroid dienone is 1. The van der Waals surface area contributed by atoms with E-state index in [4.69, 9.17) is 0 Å². The summed E-state index contributed by atoms with van der Waals surface area (Å²) in [5.41, 5.74) is 1.12. The monoisotopic (exact) mass is 432 g/mol. The topological polar surface area (TPSA) is 57.5 Å². The molecule has 178 valence electrons. The van der Waals surface area contributed by atoms with Crippen molar-refractivity contribution >= 4 is 5.78 Å². The van der Waals surface area contributed by atoms with Crippen LogP contribution in [0.2, 0.25) is 0 Å². The molecule has 0 aliphatic heterocycles. The molecule has 8 atom stereocenters. The lowest BCUT2D eigenvalue weighted by Crippen LogP contribution is -2.52. The molecule has 0 aromatic rings. The molecule has 0 bridgehead atoms. The van der Waals surface area contributed by atoms with Crippen molar-refractivity contribution in [2.24, 2.45) is 46.3 Å². The minimum absolute atomic E-state index is 0.0328. The van der Waals surface area contributed by atoms with Gasteiger partial charge in [0.05, 0.1) is 6.10 Å². The molecule has 3 heteroatoms. The summed E-state index contributed by atoms with van der Waals surface area (Å²) >= 11 is 0. The van der Waals surface area contributed by atoms with Gasteiger partial charge in [-0.1, -0.05) is 46.8 Å². The molecule has 3 nitrogen and oxygen atoms in total. The van der Waals surface area contributed by atoms with Gasteiger partial charge in [-0.3, -0.25) is 4.79 Å². The molecule has 3 fully saturated rings. The summed E-state index contributed by atoms with van der Waals surface area (Å²) in [5, 5.41) is 20.2. The minimum Gasteiger partial charge on any atom is -0.396 e. The van der Waals surface area contributed by atoms with Gasteiger partial charge in [-0.2, -0.15) is 0 Å². The lowest BCUT2D eigenvalue weighted by molar-refractivity contribution is -0.149. The van der Waals surface area contributed by atoms with E-state index in [-0.39, 0.29) is 29.5 Å². The Bertz CT molecular complexity index is 655. The van der Waals surface area contributed by atoms with E-state index in [0.717, 1.165) is 57.8 Å². The van der Waals surface area contributed by atoms with E-state index >= 15 is 0 Å². The molecule has 0 saturated heterocycles. The van der Waals surface area contributed by atoms with Crippen LogP contribution >= 0.6 is 0 Å². The minimum atomic E-state index is -0.249. The first-order valence-corrected chi connectivity index (χ1v) is 13.1. The molecule has 3 saturated carbocycles. The largest absolute Gasteiger partial charge is 0.396 e. The number of aliphatic hydroxyl groups is 2. The van der Waals surface area contributed by atoms with Gasteiger partial charge in [-0.05, 0) is 99.2 Å². The number of ketones is 1. The zero-order chi connectivity index (χ0) is 23.0. The summed E-state index contributed by atoms with van der Waals surface area (Å²) < 4.78 is 0. The van der Waals surface area contributed by atoms with E-state index in [1.165, 1.54) is 12.0 Å². The fourth-order valence-corrected chi connectivity index (χ4v) is 7.86. The van der Waals surface area contributed by atoms with Crippen LogP contribution in [-0.2, 0) is 4.79 Å². The van der Waals surface area contributed by atoms with Gasteiger partial charge in [0.1, 0.15) is 5.78 Å². The number of fused-ring (bicyclic) bond motifs is 1. The zero-order valence-electron chi connectivity index (χ0n) is 20.8. The van der Waals surface area contributed by atoms with Crippen molar-refractivity contribution in [1.82, 2.24) is 0 Å². The SMILES string of the molecule is C=C(CC[C@@H](C)[C@H]1CC[C@@H]([C@@H]2CC[C@H]3C[C@@H](O)CC[C@]3(C)C2=O)[C@]1(C)CCO)C(C)C. The molecule has 3 rings (SSSR count). The van der Waals surface area contributed by atoms with E-state index in [9.17, 15) is 15.0 Å². The van der Waals surface area contributed by atoms with Crippen LogP contribution in [0.25, 0.3) is 0 Å². The van der Waals surface area contributed by atoms with Gasteiger partial charge < -0.3 is 10.2 Å². The highest BCUT2D eigenvalue weighted by Crippen LogP contribution is 2.60. The Labute approximate surface area is 191 Å². The van der Waals surface area contributed by atoms with E-state index in [1.807, 2.05) is 0 Å². The molecule has 0 radical (unpaired) electrons. The predicted octanol–water partition coefficient (Wildman–Crippen LogP) is 6.18. The number of aliphatic hydroxyl groups excluding tert-OH is 2. The molecule has 0 unspecified atom stereocenters. The maximum absolute atomic E-state index is 13.9. The lowest BCUT2D eigenvalue weighted by Gasteiger charge is -2.51. The summed E-state index contributed by atoms with van der Waals surface area (Å²) in [6.07, 6.45) is 9.58. The summed E-state index contributed by atoms with van der Waals surface area (Å²) in [4.78, 5) is 13.9. The van der Waals surface area contributed by atoms with Crippen molar-refractivity contribution in [3.05, 3.63) is 12.2 Å². The third kappa shape index (κ3) is 4.69. The molecule has 0 aromatic heterocycles. The molecule has 3 aliphatic rings. The first-order chi connectivity index (χ1) is 14.5. The Morgan fingerprint density at radius 3 is 2.48 bits per heavy atom. The Morgan fingerprint density at radius 2 is 1.84 bits per heavy atom. The van der Waals surface area contributed by atoms with Crippen LogP contribution in [0.4, 0.5) is 0 Å². The Morgan fingerprint density at radius 1 is 1.13 bits per heavy atom. The van der Waals surface area contributed by atoms with Crippen LogP contribution in [0.3, 0.4) is 0 Å². The first-order valence-electron chi connectivity index (χ1n) is 13.1. The molecular formula is C28H48O3. The van der Waals surface area contributed by atoms with E-state index in [1.54, 1.807) is 0 Å². The molecule has 2 N–H and O–H groups in total. The normalized spacial score (nSPS) is 41.9. The average molecular weight is 433 g/mol. The van der Waals surface area contributed by atoms with Gasteiger partial charge in [-0.25, -0.2) is 0 Å². The summed E-state index contributed by atoms with van der Waals surface area (Å²) in [5.74, 6) is 3.04. The third-order valence-electron chi connectivity index (χ3n) is 10.2. The van der Waals surface area contributed by atoms with Gasteiger partial charge in [-0.15, -0.1) is 0 Å². The van der Waals surface area contributed by atoms with Gasteiger partial charge in [0, 0.05) is 17.9 Å². The van der Waals surface area contributed by atoms with Crippen LogP contribution < -0.4 is 0 Å². The van der Waals surface area contributed by atoms with Crippen LogP contribution in [0.1, 0.15) is 98.8 Å². The highest BCUT2D eigenvalue weighted by molar-refractivity contribution is 5.88. The number of hydrogen-bond acceptors (Lipinski definition) is 3. The smallest absolute Gasteiger partial charge is 0.142 e. The molecule has 0 spiro atoms. The molecule has 0 amide bonds. The Kier molecular flexibility index (Phi) is 7.79. The average Bonchev–Trinajstić information content (AvgIpc) is 3.04. The van der Waals surface area contributed by atoms with E-state index in [0.29, 0.717) is 35.4 Å². The van der Waals surface area contributed by atoms with Crippen molar-refractivity contribution in [3.63, 3.8) is 0 Å². The van der Waals surface area contributed by atoms with Crippen molar-refractivity contribution in [2.45, 2.75) is 105 Å². The van der Waals surface area contributed by atoms with Crippen LogP contribution in [0.15, 0.2) is 12.2 Å². The first kappa shape index (κ1) is 25.0. The van der Waals surface area contributed by atoms with Gasteiger partial charge in [0.15, 0.2) is 0 Å². The van der Waals surface area contributed by atoms with Crippen LogP contribution in [0.5, 0.6) is 0 Å². The van der Waals surface area contributed by atoms with E-state index < -0.39 is 0 Å². The Hall–Kier alpha value is -0.670. The summed E-state index contributed by atoms with van der Waals surface area (Å²) in [6, 6.07) is 0. The number of rotatable bonds is 8. The molecule has 0 heterocycles. The molecule has 31 heavy (non-hydrogen) atoms. The van der Waals surface area contributed by atoms with Crippen molar-refractivity contribution < 1.29 is 15.0 Å². The molecule has 3 aliphatic carbocycles. The maximum atomic E-state index is 13.9. The van der Waals surface area contributed by atoms with Crippen molar-refractivity contribution in [1.29, 1.82) is 0 Å². The predicted molar refractivity (Wildman–Crippen MR) is 128 cm³/mol. The quantitative estimate of drug-likeness (QED) is 0.451. The van der Waals surface area contributed by atoms with Gasteiger partial charge in [0.2, 0.25) is 0 Å². The summed E-state index contributed by atoms with van der Waals surface area (Å²) in [7, 11) is 0. The Balaban J connectivity index is 1.76. The fourth-order valence-electron chi connectivity index (χ4n) is 7.86. The standard InChI is InChI=1S/C28H48O3/c1-18(2)19(3)7-8-20(4)24-11-12-25(28(24,6)15-16-29)23-10-9-21-17-22(30)13-14-27(21,5)26(23)31/h18,20-25,29-30H,3,7-17H2,1-2,4-6H3/t20-,21+,22+,23+,24-,25+,27+,28-/m1/s1. The second-order valence-corrected chi connectivity index (χ2v) is 12.2. The fraction of sp³-hybridized carbons (Fsp3) is 0.893. The number of carbonyl (C=O) groups excluding carboxylic acids is 1. The zero-order valence-corrected chi connectivity index (χ0v) is 20.8. The number of hydrogen-bond donors (Lipinski definition) is 2. The maximum Gasteiger partial charge on any atom is 0.142 e. The number of carbonyl (C=O) groups is 1. The van der Waals surface area contributed by atoms with Crippen LogP contribution in [-0.4, -0.2) is 28.7 Å². The third-order valence-corrected chi connectivity index (χ3v) is 10.2. The molecule has 0 aromatic carbocycles. The highest BCUT2D eigenvalue weighted by Gasteiger charge is 2.57. The van der Waals surface area contributed by atoms with Crippen LogP contribution in [0, 0.1) is 46.3 Å². The van der Waals surface area contributed by atoms with Gasteiger partial charge in [0.25, 0.3) is 0 Å².